The van der Waals surface area contributed by atoms with E-state index in [1.807, 2.05) is 0 Å². The van der Waals surface area contributed by atoms with Crippen LogP contribution in [0.3, 0.4) is 0 Å². The minimum absolute atomic E-state index is 0.128. The summed E-state index contributed by atoms with van der Waals surface area (Å²) in [6.07, 6.45) is 1.38. The summed E-state index contributed by atoms with van der Waals surface area (Å²) in [5.74, 6) is 0. The van der Waals surface area contributed by atoms with Gasteiger partial charge in [0.1, 0.15) is 0 Å². The molecule has 0 aromatic heterocycles. The van der Waals surface area contributed by atoms with Crippen molar-refractivity contribution in [3.8, 4) is 0 Å². The van der Waals surface area contributed by atoms with Crippen molar-refractivity contribution < 1.29 is 13.2 Å². The Labute approximate surface area is 94.0 Å². The molecule has 2 aliphatic carbocycles. The van der Waals surface area contributed by atoms with Gasteiger partial charge in [-0.3, -0.25) is 4.90 Å². The van der Waals surface area contributed by atoms with E-state index in [-0.39, 0.29) is 11.6 Å². The Morgan fingerprint density at radius 1 is 1.19 bits per heavy atom. The Kier molecular flexibility index (Phi) is 3.18. The third-order valence-corrected chi connectivity index (χ3v) is 3.86. The minimum Gasteiger partial charge on any atom is -0.329 e. The van der Waals surface area contributed by atoms with Crippen LogP contribution < -0.4 is 5.73 Å². The first-order valence-corrected chi connectivity index (χ1v) is 6.00. The molecule has 0 radical (unpaired) electrons. The second-order valence-corrected chi connectivity index (χ2v) is 5.11. The van der Waals surface area contributed by atoms with Gasteiger partial charge in [-0.05, 0) is 25.7 Å². The number of hydrogen-bond acceptors (Lipinski definition) is 2. The lowest BCUT2D eigenvalue weighted by atomic mass is 9.94. The van der Waals surface area contributed by atoms with Crippen molar-refractivity contribution in [2.45, 2.75) is 56.3 Å². The van der Waals surface area contributed by atoms with Crippen LogP contribution in [-0.4, -0.2) is 35.7 Å². The molecular formula is C11H19F3N2. The number of rotatable bonds is 4. The minimum atomic E-state index is -4.10. The summed E-state index contributed by atoms with van der Waals surface area (Å²) >= 11 is 0. The molecule has 2 nitrogen and oxygen atoms in total. The van der Waals surface area contributed by atoms with E-state index in [1.54, 1.807) is 4.90 Å². The fourth-order valence-electron chi connectivity index (χ4n) is 2.91. The van der Waals surface area contributed by atoms with Crippen LogP contribution >= 0.6 is 0 Å². The lowest BCUT2D eigenvalue weighted by molar-refractivity contribution is -0.160. The largest absolute Gasteiger partial charge is 0.401 e. The standard InChI is InChI=1S/C11H19F3N2/c12-11(13,14)8-16(9-3-4-9)10(7-15)5-1-2-6-10/h9H,1-8,15H2. The average molecular weight is 236 g/mol. The van der Waals surface area contributed by atoms with Gasteiger partial charge in [0.05, 0.1) is 6.54 Å². The molecule has 94 valence electrons. The monoisotopic (exact) mass is 236 g/mol. The Morgan fingerprint density at radius 2 is 1.75 bits per heavy atom. The van der Waals surface area contributed by atoms with Gasteiger partial charge in [-0.1, -0.05) is 12.8 Å². The van der Waals surface area contributed by atoms with Gasteiger partial charge in [-0.2, -0.15) is 13.2 Å². The number of nitrogens with zero attached hydrogens (tertiary/aromatic N) is 1. The van der Waals surface area contributed by atoms with Crippen molar-refractivity contribution in [3.05, 3.63) is 0 Å². The molecule has 2 rings (SSSR count). The van der Waals surface area contributed by atoms with Crippen molar-refractivity contribution in [2.24, 2.45) is 5.73 Å². The van der Waals surface area contributed by atoms with E-state index in [0.717, 1.165) is 38.5 Å². The molecule has 0 heterocycles. The van der Waals surface area contributed by atoms with E-state index < -0.39 is 12.7 Å². The van der Waals surface area contributed by atoms with Gasteiger partial charge in [0, 0.05) is 18.1 Å². The topological polar surface area (TPSA) is 29.3 Å². The molecule has 2 aliphatic rings. The lowest BCUT2D eigenvalue weighted by Crippen LogP contribution is -2.55. The molecule has 0 saturated heterocycles. The number of hydrogen-bond donors (Lipinski definition) is 1. The smallest absolute Gasteiger partial charge is 0.329 e. The van der Waals surface area contributed by atoms with Gasteiger partial charge < -0.3 is 5.73 Å². The molecule has 0 aromatic rings. The van der Waals surface area contributed by atoms with E-state index in [0.29, 0.717) is 6.54 Å². The summed E-state index contributed by atoms with van der Waals surface area (Å²) in [4.78, 5) is 1.65. The lowest BCUT2D eigenvalue weighted by Gasteiger charge is -2.41. The summed E-state index contributed by atoms with van der Waals surface area (Å²) in [5, 5.41) is 0. The second-order valence-electron chi connectivity index (χ2n) is 5.11. The van der Waals surface area contributed by atoms with Crippen molar-refractivity contribution in [3.63, 3.8) is 0 Å². The summed E-state index contributed by atoms with van der Waals surface area (Å²) in [6, 6.07) is 0.128. The summed E-state index contributed by atoms with van der Waals surface area (Å²) in [6.45, 7) is -0.422. The highest BCUT2D eigenvalue weighted by Gasteiger charge is 2.49. The Morgan fingerprint density at radius 3 is 2.12 bits per heavy atom. The zero-order valence-electron chi connectivity index (χ0n) is 9.39. The van der Waals surface area contributed by atoms with Crippen LogP contribution in [0.1, 0.15) is 38.5 Å². The SMILES string of the molecule is NCC1(N(CC(F)(F)F)C2CC2)CCCC1. The van der Waals surface area contributed by atoms with Crippen LogP contribution in [0, 0.1) is 0 Å². The normalized spacial score (nSPS) is 25.3. The maximum absolute atomic E-state index is 12.6. The number of nitrogens with two attached hydrogens (primary N) is 1. The second kappa shape index (κ2) is 4.18. The molecule has 0 atom stereocenters. The molecule has 2 saturated carbocycles. The Bertz CT molecular complexity index is 242. The van der Waals surface area contributed by atoms with E-state index in [2.05, 4.69) is 0 Å². The highest BCUT2D eigenvalue weighted by molar-refractivity contribution is 5.02. The molecule has 0 spiro atoms. The van der Waals surface area contributed by atoms with Crippen LogP contribution in [0.4, 0.5) is 13.2 Å². The summed E-state index contributed by atoms with van der Waals surface area (Å²) in [7, 11) is 0. The zero-order valence-corrected chi connectivity index (χ0v) is 9.39. The van der Waals surface area contributed by atoms with Gasteiger partial charge in [-0.15, -0.1) is 0 Å². The van der Waals surface area contributed by atoms with E-state index in [1.165, 1.54) is 0 Å². The molecular weight excluding hydrogens is 217 g/mol. The fourth-order valence-corrected chi connectivity index (χ4v) is 2.91. The van der Waals surface area contributed by atoms with Crippen LogP contribution in [-0.2, 0) is 0 Å². The van der Waals surface area contributed by atoms with E-state index in [9.17, 15) is 13.2 Å². The van der Waals surface area contributed by atoms with Crippen molar-refractivity contribution >= 4 is 0 Å². The van der Waals surface area contributed by atoms with Crippen molar-refractivity contribution in [2.75, 3.05) is 13.1 Å². The average Bonchev–Trinajstić information content (AvgIpc) is 2.92. The molecule has 0 aliphatic heterocycles. The quantitative estimate of drug-likeness (QED) is 0.811. The molecule has 5 heteroatoms. The maximum atomic E-state index is 12.6. The molecule has 0 aromatic carbocycles. The first kappa shape index (κ1) is 12.2. The van der Waals surface area contributed by atoms with E-state index in [4.69, 9.17) is 5.73 Å². The maximum Gasteiger partial charge on any atom is 0.401 e. The molecule has 0 amide bonds. The first-order valence-electron chi connectivity index (χ1n) is 6.00. The predicted molar refractivity (Wildman–Crippen MR) is 56.0 cm³/mol. The molecule has 16 heavy (non-hydrogen) atoms. The Hall–Kier alpha value is -0.290. The summed E-state index contributed by atoms with van der Waals surface area (Å²) in [5.41, 5.74) is 5.38. The van der Waals surface area contributed by atoms with Crippen LogP contribution in [0.25, 0.3) is 0 Å². The third-order valence-electron chi connectivity index (χ3n) is 3.86. The predicted octanol–water partition coefficient (Wildman–Crippen LogP) is 2.28. The van der Waals surface area contributed by atoms with Gasteiger partial charge in [0.15, 0.2) is 0 Å². The molecule has 2 fully saturated rings. The van der Waals surface area contributed by atoms with Gasteiger partial charge in [-0.25, -0.2) is 0 Å². The van der Waals surface area contributed by atoms with Crippen LogP contribution in [0.2, 0.25) is 0 Å². The van der Waals surface area contributed by atoms with Crippen LogP contribution in [0.5, 0.6) is 0 Å². The summed E-state index contributed by atoms with van der Waals surface area (Å²) < 4.78 is 37.7. The van der Waals surface area contributed by atoms with Gasteiger partial charge >= 0.3 is 6.18 Å². The molecule has 0 bridgehead atoms. The first-order chi connectivity index (χ1) is 7.47. The highest BCUT2D eigenvalue weighted by Crippen LogP contribution is 2.42. The highest BCUT2D eigenvalue weighted by atomic mass is 19.4. The fraction of sp³-hybridized carbons (Fsp3) is 1.00. The number of alkyl halides is 3. The van der Waals surface area contributed by atoms with Gasteiger partial charge in [0.25, 0.3) is 0 Å². The molecule has 2 N–H and O–H groups in total. The van der Waals surface area contributed by atoms with Crippen molar-refractivity contribution in [1.82, 2.24) is 4.90 Å². The van der Waals surface area contributed by atoms with Crippen LogP contribution in [0.15, 0.2) is 0 Å². The van der Waals surface area contributed by atoms with Crippen molar-refractivity contribution in [1.29, 1.82) is 0 Å². The number of halogens is 3. The van der Waals surface area contributed by atoms with Gasteiger partial charge in [0.2, 0.25) is 0 Å². The zero-order chi connectivity index (χ0) is 11.8. The van der Waals surface area contributed by atoms with E-state index >= 15 is 0 Å². The third kappa shape index (κ3) is 2.51. The molecule has 0 unspecified atom stereocenters. The Balaban J connectivity index is 2.11.